The molecule has 1 heterocycles. The summed E-state index contributed by atoms with van der Waals surface area (Å²) in [7, 11) is 0. The minimum Gasteiger partial charge on any atom is -0.481 e. The average molecular weight is 189 g/mol. The van der Waals surface area contributed by atoms with Crippen LogP contribution in [0, 0.1) is 0 Å². The number of carbonyl (C=O) groups is 1. The first kappa shape index (κ1) is 10.4. The summed E-state index contributed by atoms with van der Waals surface area (Å²) in [4.78, 5) is 10.1. The Hall–Kier alpha value is -0.650. The Balaban J connectivity index is 2.07. The summed E-state index contributed by atoms with van der Waals surface area (Å²) >= 11 is 0. The summed E-state index contributed by atoms with van der Waals surface area (Å²) in [6.45, 7) is 1.71. The zero-order valence-corrected chi connectivity index (χ0v) is 7.45. The molecule has 1 rings (SSSR count). The van der Waals surface area contributed by atoms with E-state index in [1.165, 1.54) is 0 Å². The molecule has 76 valence electrons. The van der Waals surface area contributed by atoms with Crippen molar-refractivity contribution in [1.82, 2.24) is 5.32 Å². The third kappa shape index (κ3) is 3.71. The Morgan fingerprint density at radius 1 is 1.62 bits per heavy atom. The molecule has 0 aromatic rings. The smallest absolute Gasteiger partial charge is 0.304 e. The van der Waals surface area contributed by atoms with Crippen LogP contribution in [0.4, 0.5) is 0 Å². The van der Waals surface area contributed by atoms with Crippen molar-refractivity contribution in [1.29, 1.82) is 0 Å². The predicted molar refractivity (Wildman–Crippen MR) is 45.5 cm³/mol. The lowest BCUT2D eigenvalue weighted by Crippen LogP contribution is -2.41. The van der Waals surface area contributed by atoms with Gasteiger partial charge in [-0.15, -0.1) is 0 Å². The van der Waals surface area contributed by atoms with Crippen LogP contribution < -0.4 is 5.32 Å². The minimum atomic E-state index is -0.831. The van der Waals surface area contributed by atoms with Crippen LogP contribution >= 0.6 is 0 Å². The van der Waals surface area contributed by atoms with E-state index in [4.69, 9.17) is 9.84 Å². The number of hydrogen-bond donors (Lipinski definition) is 3. The molecule has 13 heavy (non-hydrogen) atoms. The quantitative estimate of drug-likeness (QED) is 0.493. The van der Waals surface area contributed by atoms with Gasteiger partial charge in [-0.25, -0.2) is 0 Å². The molecule has 1 saturated heterocycles. The third-order valence-electron chi connectivity index (χ3n) is 2.05. The molecule has 0 bridgehead atoms. The monoisotopic (exact) mass is 189 g/mol. The molecule has 5 nitrogen and oxygen atoms in total. The maximum atomic E-state index is 10.1. The van der Waals surface area contributed by atoms with E-state index < -0.39 is 11.6 Å². The van der Waals surface area contributed by atoms with E-state index in [2.05, 4.69) is 5.32 Å². The fraction of sp³-hybridized carbons (Fsp3) is 0.875. The number of rotatable bonds is 5. The molecule has 3 N–H and O–H groups in total. The van der Waals surface area contributed by atoms with E-state index in [0.717, 1.165) is 0 Å². The number of aliphatic hydroxyl groups is 1. The maximum absolute atomic E-state index is 10.1. The van der Waals surface area contributed by atoms with Crippen molar-refractivity contribution in [2.24, 2.45) is 0 Å². The molecule has 0 aliphatic carbocycles. The molecule has 0 spiro atoms. The highest BCUT2D eigenvalue weighted by Crippen LogP contribution is 2.16. The van der Waals surface area contributed by atoms with E-state index in [1.54, 1.807) is 0 Å². The van der Waals surface area contributed by atoms with Crippen LogP contribution in [0.25, 0.3) is 0 Å². The summed E-state index contributed by atoms with van der Waals surface area (Å²) in [6, 6.07) is 0. The number of nitrogens with one attached hydrogen (secondary N) is 1. The molecule has 0 aromatic carbocycles. The largest absolute Gasteiger partial charge is 0.481 e. The summed E-state index contributed by atoms with van der Waals surface area (Å²) in [5.74, 6) is -0.831. The Bertz CT molecular complexity index is 177. The van der Waals surface area contributed by atoms with E-state index in [1.807, 2.05) is 0 Å². The standard InChI is InChI=1S/C8H15NO4/c10-7(11)1-3-9-5-8(12)2-4-13-6-8/h9,12H,1-6H2,(H,10,11). The number of carboxylic acids is 1. The summed E-state index contributed by atoms with van der Waals surface area (Å²) in [5, 5.41) is 21.0. The topological polar surface area (TPSA) is 78.8 Å². The van der Waals surface area contributed by atoms with Gasteiger partial charge in [0, 0.05) is 26.1 Å². The van der Waals surface area contributed by atoms with Gasteiger partial charge >= 0.3 is 5.97 Å². The first-order valence-electron chi connectivity index (χ1n) is 4.35. The van der Waals surface area contributed by atoms with Crippen molar-refractivity contribution in [2.75, 3.05) is 26.3 Å². The van der Waals surface area contributed by atoms with Crippen molar-refractivity contribution >= 4 is 5.97 Å². The molecule has 1 atom stereocenters. The Morgan fingerprint density at radius 3 is 2.92 bits per heavy atom. The van der Waals surface area contributed by atoms with Crippen LogP contribution in [-0.2, 0) is 9.53 Å². The van der Waals surface area contributed by atoms with Crippen LogP contribution in [-0.4, -0.2) is 48.1 Å². The number of aliphatic carboxylic acids is 1. The SMILES string of the molecule is O=C(O)CCNCC1(O)CCOC1. The maximum Gasteiger partial charge on any atom is 0.304 e. The lowest BCUT2D eigenvalue weighted by atomic mass is 10.0. The van der Waals surface area contributed by atoms with Gasteiger partial charge in [0.1, 0.15) is 5.60 Å². The van der Waals surface area contributed by atoms with Crippen molar-refractivity contribution in [3.63, 3.8) is 0 Å². The second-order valence-electron chi connectivity index (χ2n) is 3.35. The molecule has 0 radical (unpaired) electrons. The Kier molecular flexibility index (Phi) is 3.65. The Morgan fingerprint density at radius 2 is 2.38 bits per heavy atom. The molecular weight excluding hydrogens is 174 g/mol. The molecule has 0 amide bonds. The summed E-state index contributed by atoms with van der Waals surface area (Å²) < 4.78 is 5.03. The van der Waals surface area contributed by atoms with Gasteiger partial charge in [0.05, 0.1) is 13.0 Å². The van der Waals surface area contributed by atoms with Gasteiger partial charge < -0.3 is 20.3 Å². The van der Waals surface area contributed by atoms with Crippen molar-refractivity contribution in [3.8, 4) is 0 Å². The predicted octanol–water partition coefficient (Wildman–Crippen LogP) is -0.798. The lowest BCUT2D eigenvalue weighted by molar-refractivity contribution is -0.136. The molecule has 0 saturated carbocycles. The van der Waals surface area contributed by atoms with E-state index in [-0.39, 0.29) is 6.42 Å². The summed E-state index contributed by atoms with van der Waals surface area (Å²) in [5.41, 5.74) is -0.793. The van der Waals surface area contributed by atoms with Gasteiger partial charge in [-0.05, 0) is 0 Å². The van der Waals surface area contributed by atoms with Gasteiger partial charge in [0.2, 0.25) is 0 Å². The summed E-state index contributed by atoms with van der Waals surface area (Å²) in [6.07, 6.45) is 0.698. The zero-order chi connectivity index (χ0) is 9.73. The fourth-order valence-electron chi connectivity index (χ4n) is 1.25. The normalized spacial score (nSPS) is 27.8. The molecule has 1 fully saturated rings. The number of carboxylic acid groups (broad SMARTS) is 1. The first-order valence-corrected chi connectivity index (χ1v) is 4.35. The van der Waals surface area contributed by atoms with Crippen LogP contribution in [0.1, 0.15) is 12.8 Å². The highest BCUT2D eigenvalue weighted by Gasteiger charge is 2.31. The highest BCUT2D eigenvalue weighted by molar-refractivity contribution is 5.66. The average Bonchev–Trinajstić information content (AvgIpc) is 2.47. The van der Waals surface area contributed by atoms with Gasteiger partial charge in [0.15, 0.2) is 0 Å². The minimum absolute atomic E-state index is 0.0803. The molecular formula is C8H15NO4. The molecule has 0 aromatic heterocycles. The first-order chi connectivity index (χ1) is 6.12. The van der Waals surface area contributed by atoms with Gasteiger partial charge in [-0.1, -0.05) is 0 Å². The van der Waals surface area contributed by atoms with Crippen LogP contribution in [0.3, 0.4) is 0 Å². The van der Waals surface area contributed by atoms with Crippen molar-refractivity contribution in [2.45, 2.75) is 18.4 Å². The van der Waals surface area contributed by atoms with Gasteiger partial charge in [0.25, 0.3) is 0 Å². The second kappa shape index (κ2) is 4.55. The zero-order valence-electron chi connectivity index (χ0n) is 7.45. The molecule has 1 unspecified atom stereocenters. The third-order valence-corrected chi connectivity index (χ3v) is 2.05. The van der Waals surface area contributed by atoms with Crippen LogP contribution in [0.5, 0.6) is 0 Å². The highest BCUT2D eigenvalue weighted by atomic mass is 16.5. The van der Waals surface area contributed by atoms with Crippen LogP contribution in [0.15, 0.2) is 0 Å². The number of hydrogen-bond acceptors (Lipinski definition) is 4. The van der Waals surface area contributed by atoms with E-state index in [9.17, 15) is 9.90 Å². The molecule has 1 aliphatic heterocycles. The van der Waals surface area contributed by atoms with Crippen LogP contribution in [0.2, 0.25) is 0 Å². The lowest BCUT2D eigenvalue weighted by Gasteiger charge is -2.20. The van der Waals surface area contributed by atoms with Gasteiger partial charge in [-0.2, -0.15) is 0 Å². The van der Waals surface area contributed by atoms with Crippen molar-refractivity contribution in [3.05, 3.63) is 0 Å². The molecule has 1 aliphatic rings. The van der Waals surface area contributed by atoms with Crippen molar-refractivity contribution < 1.29 is 19.7 Å². The van der Waals surface area contributed by atoms with Gasteiger partial charge in [-0.3, -0.25) is 4.79 Å². The molecule has 5 heteroatoms. The van der Waals surface area contributed by atoms with E-state index in [0.29, 0.717) is 32.7 Å². The fourth-order valence-corrected chi connectivity index (χ4v) is 1.25. The second-order valence-corrected chi connectivity index (χ2v) is 3.35. The Labute approximate surface area is 76.7 Å². The number of ether oxygens (including phenoxy) is 1. The van der Waals surface area contributed by atoms with E-state index >= 15 is 0 Å².